The summed E-state index contributed by atoms with van der Waals surface area (Å²) in [6.07, 6.45) is 2.64. The van der Waals surface area contributed by atoms with Gasteiger partial charge in [-0.15, -0.1) is 0 Å². The zero-order valence-electron chi connectivity index (χ0n) is 7.67. The van der Waals surface area contributed by atoms with Gasteiger partial charge in [-0.3, -0.25) is 0 Å². The number of ether oxygens (including phenoxy) is 2. The number of hydrogen-bond donors (Lipinski definition) is 0. The van der Waals surface area contributed by atoms with Crippen molar-refractivity contribution in [2.45, 2.75) is 46.0 Å². The van der Waals surface area contributed by atoms with Gasteiger partial charge in [-0.2, -0.15) is 0 Å². The van der Waals surface area contributed by atoms with Crippen LogP contribution in [0.1, 0.15) is 33.6 Å². The van der Waals surface area contributed by atoms with Crippen LogP contribution in [0.2, 0.25) is 0 Å². The van der Waals surface area contributed by atoms with Gasteiger partial charge in [-0.25, -0.2) is 0 Å². The van der Waals surface area contributed by atoms with Crippen LogP contribution >= 0.6 is 0 Å². The summed E-state index contributed by atoms with van der Waals surface area (Å²) in [4.78, 5) is 0. The molecule has 0 bridgehead atoms. The molecule has 0 aliphatic carbocycles. The van der Waals surface area contributed by atoms with Crippen LogP contribution in [0, 0.1) is 5.92 Å². The highest BCUT2D eigenvalue weighted by Crippen LogP contribution is 2.17. The minimum absolute atomic E-state index is 0.0208. The smallest absolute Gasteiger partial charge is 0.160 e. The molecule has 2 nitrogen and oxygen atoms in total. The van der Waals surface area contributed by atoms with Crippen LogP contribution in [0.5, 0.6) is 0 Å². The predicted octanol–water partition coefficient (Wildman–Crippen LogP) is 2.18. The Morgan fingerprint density at radius 3 is 2.73 bits per heavy atom. The highest BCUT2D eigenvalue weighted by Gasteiger charge is 2.20. The van der Waals surface area contributed by atoms with Crippen LogP contribution in [0.15, 0.2) is 0 Å². The molecular weight excluding hydrogens is 140 g/mol. The van der Waals surface area contributed by atoms with Gasteiger partial charge in [0.15, 0.2) is 6.29 Å². The number of rotatable bonds is 1. The maximum Gasteiger partial charge on any atom is 0.160 e. The van der Waals surface area contributed by atoms with Crippen molar-refractivity contribution in [1.82, 2.24) is 0 Å². The summed E-state index contributed by atoms with van der Waals surface area (Å²) in [7, 11) is 0. The molecule has 1 aliphatic rings. The Balaban J connectivity index is 2.39. The second kappa shape index (κ2) is 4.07. The van der Waals surface area contributed by atoms with Crippen molar-refractivity contribution in [3.8, 4) is 0 Å². The first-order valence-corrected chi connectivity index (χ1v) is 4.47. The van der Waals surface area contributed by atoms with Gasteiger partial charge in [0.25, 0.3) is 0 Å². The van der Waals surface area contributed by atoms with Crippen molar-refractivity contribution in [2.24, 2.45) is 5.92 Å². The highest BCUT2D eigenvalue weighted by atomic mass is 16.7. The molecule has 1 aliphatic heterocycles. The lowest BCUT2D eigenvalue weighted by Gasteiger charge is -2.21. The van der Waals surface area contributed by atoms with Crippen LogP contribution < -0.4 is 0 Å². The van der Waals surface area contributed by atoms with Crippen molar-refractivity contribution in [3.05, 3.63) is 0 Å². The van der Waals surface area contributed by atoms with Gasteiger partial charge >= 0.3 is 0 Å². The van der Waals surface area contributed by atoms with E-state index in [-0.39, 0.29) is 6.29 Å². The quantitative estimate of drug-likeness (QED) is 0.582. The van der Waals surface area contributed by atoms with E-state index in [1.165, 1.54) is 0 Å². The van der Waals surface area contributed by atoms with Gasteiger partial charge in [0.05, 0.1) is 6.10 Å². The second-order valence-corrected chi connectivity index (χ2v) is 3.57. The minimum atomic E-state index is 0.0208. The van der Waals surface area contributed by atoms with Crippen LogP contribution in [0.3, 0.4) is 0 Å². The fourth-order valence-corrected chi connectivity index (χ4v) is 1.26. The average Bonchev–Trinajstić information content (AvgIpc) is 2.13. The Morgan fingerprint density at radius 2 is 2.09 bits per heavy atom. The first-order chi connectivity index (χ1) is 5.20. The van der Waals surface area contributed by atoms with Crippen molar-refractivity contribution in [2.75, 3.05) is 6.61 Å². The van der Waals surface area contributed by atoms with Crippen molar-refractivity contribution < 1.29 is 9.47 Å². The topological polar surface area (TPSA) is 18.5 Å². The molecule has 0 aromatic rings. The molecule has 1 rings (SSSR count). The third-order valence-electron chi connectivity index (χ3n) is 1.95. The SMILES string of the molecule is CC1CCCOC(C(C)C)O1. The standard InChI is InChI=1S/C9H18O2/c1-7(2)9-10-6-4-5-8(3)11-9/h7-9H,4-6H2,1-3H3. The molecular formula is C9H18O2. The number of hydrogen-bond acceptors (Lipinski definition) is 2. The predicted molar refractivity (Wildman–Crippen MR) is 44.4 cm³/mol. The van der Waals surface area contributed by atoms with E-state index in [9.17, 15) is 0 Å². The summed E-state index contributed by atoms with van der Waals surface area (Å²) in [6, 6.07) is 0. The van der Waals surface area contributed by atoms with Crippen molar-refractivity contribution in [3.63, 3.8) is 0 Å². The van der Waals surface area contributed by atoms with Gasteiger partial charge in [-0.05, 0) is 19.8 Å². The van der Waals surface area contributed by atoms with Gasteiger partial charge in [0.1, 0.15) is 0 Å². The van der Waals surface area contributed by atoms with E-state index < -0.39 is 0 Å². The molecule has 0 spiro atoms. The molecule has 0 aromatic carbocycles. The lowest BCUT2D eigenvalue weighted by atomic mass is 10.2. The van der Waals surface area contributed by atoms with E-state index >= 15 is 0 Å². The highest BCUT2D eigenvalue weighted by molar-refractivity contribution is 4.60. The van der Waals surface area contributed by atoms with Crippen LogP contribution in [-0.2, 0) is 9.47 Å². The lowest BCUT2D eigenvalue weighted by molar-refractivity contribution is -0.172. The van der Waals surface area contributed by atoms with Gasteiger partial charge in [0.2, 0.25) is 0 Å². The molecule has 0 saturated carbocycles. The first-order valence-electron chi connectivity index (χ1n) is 4.47. The zero-order chi connectivity index (χ0) is 8.27. The molecule has 2 atom stereocenters. The maximum absolute atomic E-state index is 5.65. The third kappa shape index (κ3) is 2.80. The van der Waals surface area contributed by atoms with E-state index in [0.717, 1.165) is 19.4 Å². The summed E-state index contributed by atoms with van der Waals surface area (Å²) >= 11 is 0. The fraction of sp³-hybridized carbons (Fsp3) is 1.00. The Kier molecular flexibility index (Phi) is 3.34. The second-order valence-electron chi connectivity index (χ2n) is 3.57. The molecule has 0 radical (unpaired) electrons. The largest absolute Gasteiger partial charge is 0.352 e. The van der Waals surface area contributed by atoms with E-state index in [1.807, 2.05) is 0 Å². The summed E-state index contributed by atoms with van der Waals surface area (Å²) in [5.41, 5.74) is 0. The van der Waals surface area contributed by atoms with E-state index in [4.69, 9.17) is 9.47 Å². The van der Waals surface area contributed by atoms with E-state index in [1.54, 1.807) is 0 Å². The third-order valence-corrected chi connectivity index (χ3v) is 1.95. The Morgan fingerprint density at radius 1 is 1.36 bits per heavy atom. The Labute approximate surface area is 68.9 Å². The maximum atomic E-state index is 5.65. The van der Waals surface area contributed by atoms with Crippen LogP contribution in [-0.4, -0.2) is 19.0 Å². The average molecular weight is 158 g/mol. The molecule has 0 N–H and O–H groups in total. The van der Waals surface area contributed by atoms with Crippen molar-refractivity contribution >= 4 is 0 Å². The summed E-state index contributed by atoms with van der Waals surface area (Å²) in [5.74, 6) is 0.468. The first kappa shape index (κ1) is 9.01. The fourth-order valence-electron chi connectivity index (χ4n) is 1.26. The van der Waals surface area contributed by atoms with Gasteiger partial charge < -0.3 is 9.47 Å². The molecule has 1 saturated heterocycles. The molecule has 11 heavy (non-hydrogen) atoms. The molecule has 1 heterocycles. The monoisotopic (exact) mass is 158 g/mol. The molecule has 1 fully saturated rings. The van der Waals surface area contributed by atoms with E-state index in [2.05, 4.69) is 20.8 Å². The normalized spacial score (nSPS) is 33.8. The summed E-state index contributed by atoms with van der Waals surface area (Å²) in [5, 5.41) is 0. The van der Waals surface area contributed by atoms with Crippen LogP contribution in [0.4, 0.5) is 0 Å². The van der Waals surface area contributed by atoms with Gasteiger partial charge in [-0.1, -0.05) is 13.8 Å². The molecule has 0 amide bonds. The van der Waals surface area contributed by atoms with Crippen LogP contribution in [0.25, 0.3) is 0 Å². The summed E-state index contributed by atoms with van der Waals surface area (Å²) < 4.78 is 11.2. The Hall–Kier alpha value is -0.0800. The minimum Gasteiger partial charge on any atom is -0.352 e. The Bertz CT molecular complexity index is 112. The molecule has 0 aromatic heterocycles. The van der Waals surface area contributed by atoms with Gasteiger partial charge in [0, 0.05) is 12.5 Å². The lowest BCUT2D eigenvalue weighted by Crippen LogP contribution is -2.25. The zero-order valence-corrected chi connectivity index (χ0v) is 7.67. The van der Waals surface area contributed by atoms with E-state index in [0.29, 0.717) is 12.0 Å². The molecule has 2 unspecified atom stereocenters. The van der Waals surface area contributed by atoms with Crippen molar-refractivity contribution in [1.29, 1.82) is 0 Å². The summed E-state index contributed by atoms with van der Waals surface area (Å²) in [6.45, 7) is 7.22. The molecule has 66 valence electrons. The molecule has 2 heteroatoms.